The smallest absolute Gasteiger partial charge is 0.324 e. The molecule has 1 fully saturated rings. The molecule has 2 aromatic rings. The largest absolute Gasteiger partial charge is 0.325 e. The highest BCUT2D eigenvalue weighted by molar-refractivity contribution is 6.30. The molecule has 1 heterocycles. The van der Waals surface area contributed by atoms with Crippen LogP contribution in [0.1, 0.15) is 29.5 Å². The Hall–Kier alpha value is -2.86. The molecule has 2 aliphatic rings. The molecule has 0 saturated carbocycles. The monoisotopic (exact) mass is 397 g/mol. The lowest BCUT2D eigenvalue weighted by Gasteiger charge is -2.33. The van der Waals surface area contributed by atoms with E-state index >= 15 is 0 Å². The molecule has 6 nitrogen and oxygen atoms in total. The van der Waals surface area contributed by atoms with E-state index in [1.807, 2.05) is 31.2 Å². The van der Waals surface area contributed by atoms with Crippen molar-refractivity contribution in [3.05, 3.63) is 64.2 Å². The summed E-state index contributed by atoms with van der Waals surface area (Å²) in [6.07, 6.45) is 2.20. The van der Waals surface area contributed by atoms with Crippen LogP contribution in [0.15, 0.2) is 42.5 Å². The van der Waals surface area contributed by atoms with E-state index in [0.717, 1.165) is 34.4 Å². The molecule has 1 saturated heterocycles. The number of amides is 4. The predicted octanol–water partition coefficient (Wildman–Crippen LogP) is 3.37. The van der Waals surface area contributed by atoms with Crippen molar-refractivity contribution in [1.29, 1.82) is 0 Å². The Balaban J connectivity index is 1.55. The second kappa shape index (κ2) is 6.95. The first-order valence-corrected chi connectivity index (χ1v) is 9.57. The van der Waals surface area contributed by atoms with Crippen molar-refractivity contribution in [2.24, 2.45) is 0 Å². The van der Waals surface area contributed by atoms with Crippen molar-refractivity contribution in [1.82, 2.24) is 10.2 Å². The summed E-state index contributed by atoms with van der Waals surface area (Å²) in [6.45, 7) is 1.49. The first-order chi connectivity index (χ1) is 13.4. The van der Waals surface area contributed by atoms with Gasteiger partial charge in [-0.3, -0.25) is 14.5 Å². The zero-order chi connectivity index (χ0) is 19.9. The van der Waals surface area contributed by atoms with Crippen LogP contribution in [0.2, 0.25) is 5.02 Å². The fourth-order valence-corrected chi connectivity index (χ4v) is 4.28. The van der Waals surface area contributed by atoms with Gasteiger partial charge in [0.05, 0.1) is 0 Å². The summed E-state index contributed by atoms with van der Waals surface area (Å²) >= 11 is 5.93. The Bertz CT molecular complexity index is 991. The molecule has 2 N–H and O–H groups in total. The number of nitrogens with one attached hydrogen (secondary N) is 2. The SMILES string of the molecule is Cc1cc(Cl)ccc1NC(=O)CN1C(=O)N[C@]2(CCCc3ccccc32)C1=O. The third-order valence-corrected chi connectivity index (χ3v) is 5.65. The summed E-state index contributed by atoms with van der Waals surface area (Å²) in [5, 5.41) is 6.17. The van der Waals surface area contributed by atoms with E-state index < -0.39 is 17.5 Å². The normalized spacial score (nSPS) is 20.9. The van der Waals surface area contributed by atoms with Crippen molar-refractivity contribution in [3.8, 4) is 0 Å². The summed E-state index contributed by atoms with van der Waals surface area (Å²) < 4.78 is 0. The van der Waals surface area contributed by atoms with Gasteiger partial charge in [0, 0.05) is 10.7 Å². The molecule has 144 valence electrons. The van der Waals surface area contributed by atoms with Crippen LogP contribution in [0, 0.1) is 6.92 Å². The highest BCUT2D eigenvalue weighted by atomic mass is 35.5. The number of imide groups is 1. The summed E-state index contributed by atoms with van der Waals surface area (Å²) in [4.78, 5) is 39.3. The van der Waals surface area contributed by atoms with Gasteiger partial charge in [0.25, 0.3) is 5.91 Å². The van der Waals surface area contributed by atoms with Crippen LogP contribution < -0.4 is 10.6 Å². The van der Waals surface area contributed by atoms with Crippen molar-refractivity contribution in [2.45, 2.75) is 31.7 Å². The molecule has 4 amide bonds. The number of fused-ring (bicyclic) bond motifs is 2. The lowest BCUT2D eigenvalue weighted by molar-refractivity contribution is -0.134. The van der Waals surface area contributed by atoms with E-state index in [9.17, 15) is 14.4 Å². The van der Waals surface area contributed by atoms with E-state index in [-0.39, 0.29) is 12.5 Å². The molecule has 1 aliphatic carbocycles. The molecule has 4 rings (SSSR count). The van der Waals surface area contributed by atoms with Gasteiger partial charge in [-0.2, -0.15) is 0 Å². The summed E-state index contributed by atoms with van der Waals surface area (Å²) in [5.74, 6) is -0.803. The lowest BCUT2D eigenvalue weighted by Crippen LogP contribution is -2.47. The molecule has 7 heteroatoms. The van der Waals surface area contributed by atoms with Gasteiger partial charge in [-0.05, 0) is 61.1 Å². The molecule has 1 atom stereocenters. The van der Waals surface area contributed by atoms with Crippen molar-refractivity contribution >= 4 is 35.1 Å². The number of carbonyl (C=O) groups excluding carboxylic acids is 3. The fraction of sp³-hybridized carbons (Fsp3) is 0.286. The van der Waals surface area contributed by atoms with Crippen molar-refractivity contribution in [2.75, 3.05) is 11.9 Å². The van der Waals surface area contributed by atoms with E-state index in [1.165, 1.54) is 0 Å². The number of carbonyl (C=O) groups is 3. The maximum absolute atomic E-state index is 13.2. The fourth-order valence-electron chi connectivity index (χ4n) is 4.06. The minimum absolute atomic E-state index is 0.337. The standard InChI is InChI=1S/C21H20ClN3O3/c1-13-11-15(22)8-9-17(13)23-18(26)12-25-19(27)21(24-20(25)28)10-4-6-14-5-2-3-7-16(14)21/h2-3,5,7-9,11H,4,6,10,12H2,1H3,(H,23,26)(H,24,28)/t21-/m0/s1. The lowest BCUT2D eigenvalue weighted by atomic mass is 9.76. The van der Waals surface area contributed by atoms with Gasteiger partial charge in [-0.25, -0.2) is 4.79 Å². The Kier molecular flexibility index (Phi) is 4.59. The molecular formula is C21H20ClN3O3. The second-order valence-electron chi connectivity index (χ2n) is 7.24. The molecule has 28 heavy (non-hydrogen) atoms. The average Bonchev–Trinajstić information content (AvgIpc) is 2.89. The number of hydrogen-bond acceptors (Lipinski definition) is 3. The van der Waals surface area contributed by atoms with Crippen molar-refractivity contribution in [3.63, 3.8) is 0 Å². The van der Waals surface area contributed by atoms with E-state index in [0.29, 0.717) is 17.1 Å². The van der Waals surface area contributed by atoms with E-state index in [2.05, 4.69) is 10.6 Å². The van der Waals surface area contributed by atoms with Crippen LogP contribution in [0.25, 0.3) is 0 Å². The van der Waals surface area contributed by atoms with Crippen LogP contribution in [-0.4, -0.2) is 29.3 Å². The van der Waals surface area contributed by atoms with E-state index in [4.69, 9.17) is 11.6 Å². The van der Waals surface area contributed by atoms with Gasteiger partial charge in [0.1, 0.15) is 12.1 Å². The maximum Gasteiger partial charge on any atom is 0.325 e. The van der Waals surface area contributed by atoms with Gasteiger partial charge in [0.15, 0.2) is 0 Å². The number of halogens is 1. The summed E-state index contributed by atoms with van der Waals surface area (Å²) in [5.41, 5.74) is 2.22. The van der Waals surface area contributed by atoms with Crippen LogP contribution in [0.3, 0.4) is 0 Å². The molecular weight excluding hydrogens is 378 g/mol. The van der Waals surface area contributed by atoms with Gasteiger partial charge < -0.3 is 10.6 Å². The first kappa shape index (κ1) is 18.5. The zero-order valence-electron chi connectivity index (χ0n) is 15.4. The zero-order valence-corrected chi connectivity index (χ0v) is 16.2. The highest BCUT2D eigenvalue weighted by Gasteiger charge is 2.54. The molecule has 1 spiro atoms. The Labute approximate surface area is 167 Å². The molecule has 0 bridgehead atoms. The molecule has 2 aromatic carbocycles. The van der Waals surface area contributed by atoms with Crippen LogP contribution in [-0.2, 0) is 21.5 Å². The summed E-state index contributed by atoms with van der Waals surface area (Å²) in [6, 6.07) is 12.2. The first-order valence-electron chi connectivity index (χ1n) is 9.19. The van der Waals surface area contributed by atoms with Gasteiger partial charge >= 0.3 is 6.03 Å². The number of urea groups is 1. The number of hydrogen-bond donors (Lipinski definition) is 2. The summed E-state index contributed by atoms with van der Waals surface area (Å²) in [7, 11) is 0. The Morgan fingerprint density at radius 1 is 1.25 bits per heavy atom. The number of benzene rings is 2. The molecule has 1 aliphatic heterocycles. The van der Waals surface area contributed by atoms with Crippen LogP contribution in [0.5, 0.6) is 0 Å². The Morgan fingerprint density at radius 3 is 2.82 bits per heavy atom. The second-order valence-corrected chi connectivity index (χ2v) is 7.68. The number of rotatable bonds is 3. The van der Waals surface area contributed by atoms with Crippen LogP contribution >= 0.6 is 11.6 Å². The predicted molar refractivity (Wildman–Crippen MR) is 106 cm³/mol. The third-order valence-electron chi connectivity index (χ3n) is 5.42. The molecule has 0 radical (unpaired) electrons. The van der Waals surface area contributed by atoms with Gasteiger partial charge in [-0.1, -0.05) is 35.9 Å². The minimum Gasteiger partial charge on any atom is -0.324 e. The quantitative estimate of drug-likeness (QED) is 0.779. The molecule has 0 aromatic heterocycles. The van der Waals surface area contributed by atoms with Crippen LogP contribution in [0.4, 0.5) is 10.5 Å². The number of anilines is 1. The maximum atomic E-state index is 13.2. The van der Waals surface area contributed by atoms with Crippen molar-refractivity contribution < 1.29 is 14.4 Å². The number of aryl methyl sites for hydroxylation is 2. The highest BCUT2D eigenvalue weighted by Crippen LogP contribution is 2.39. The minimum atomic E-state index is -1.07. The average molecular weight is 398 g/mol. The van der Waals surface area contributed by atoms with Gasteiger partial charge in [0.2, 0.25) is 5.91 Å². The molecule has 0 unspecified atom stereocenters. The van der Waals surface area contributed by atoms with E-state index in [1.54, 1.807) is 18.2 Å². The third kappa shape index (κ3) is 3.03. The Morgan fingerprint density at radius 2 is 2.04 bits per heavy atom. The number of nitrogens with zero attached hydrogens (tertiary/aromatic N) is 1. The topological polar surface area (TPSA) is 78.5 Å². The van der Waals surface area contributed by atoms with Gasteiger partial charge in [-0.15, -0.1) is 0 Å².